The maximum Gasteiger partial charge on any atom is 0.263 e. The standard InChI is InChI=1S/C9H11N5O/c1-5-7-8(13-6-2-10-3-6)11-4-12-9(7)15-14-5/h4,6,10H,2-3H2,1H3,(H,11,12,13). The Hall–Kier alpha value is -1.69. The summed E-state index contributed by atoms with van der Waals surface area (Å²) in [6.07, 6.45) is 1.49. The van der Waals surface area contributed by atoms with Crippen molar-refractivity contribution in [3.63, 3.8) is 0 Å². The van der Waals surface area contributed by atoms with Crippen LogP contribution in [0.2, 0.25) is 0 Å². The molecule has 1 aliphatic rings. The molecule has 78 valence electrons. The molecule has 0 bridgehead atoms. The van der Waals surface area contributed by atoms with Gasteiger partial charge >= 0.3 is 0 Å². The van der Waals surface area contributed by atoms with E-state index < -0.39 is 0 Å². The number of aryl methyl sites for hydroxylation is 1. The summed E-state index contributed by atoms with van der Waals surface area (Å²) in [4.78, 5) is 8.23. The topological polar surface area (TPSA) is 75.9 Å². The fraction of sp³-hybridized carbons (Fsp3) is 0.444. The van der Waals surface area contributed by atoms with Gasteiger partial charge in [0.15, 0.2) is 0 Å². The Morgan fingerprint density at radius 1 is 1.47 bits per heavy atom. The highest BCUT2D eigenvalue weighted by Gasteiger charge is 2.19. The third kappa shape index (κ3) is 1.33. The Balaban J connectivity index is 2.04. The largest absolute Gasteiger partial charge is 0.364 e. The van der Waals surface area contributed by atoms with Crippen molar-refractivity contribution in [2.45, 2.75) is 13.0 Å². The lowest BCUT2D eigenvalue weighted by atomic mass is 10.2. The highest BCUT2D eigenvalue weighted by Crippen LogP contribution is 2.23. The van der Waals surface area contributed by atoms with Gasteiger partial charge in [-0.1, -0.05) is 5.16 Å². The van der Waals surface area contributed by atoms with Crippen LogP contribution in [0.1, 0.15) is 5.69 Å². The molecule has 1 saturated heterocycles. The molecule has 3 rings (SSSR count). The molecule has 0 radical (unpaired) electrons. The zero-order valence-corrected chi connectivity index (χ0v) is 8.32. The summed E-state index contributed by atoms with van der Waals surface area (Å²) in [5.41, 5.74) is 1.36. The first-order chi connectivity index (χ1) is 7.34. The average Bonchev–Trinajstić information content (AvgIpc) is 2.55. The van der Waals surface area contributed by atoms with Crippen LogP contribution in [0.5, 0.6) is 0 Å². The van der Waals surface area contributed by atoms with Crippen molar-refractivity contribution in [1.29, 1.82) is 0 Å². The highest BCUT2D eigenvalue weighted by atomic mass is 16.5. The van der Waals surface area contributed by atoms with Crippen molar-refractivity contribution in [1.82, 2.24) is 20.4 Å². The smallest absolute Gasteiger partial charge is 0.263 e. The maximum atomic E-state index is 5.07. The van der Waals surface area contributed by atoms with Gasteiger partial charge in [-0.25, -0.2) is 4.98 Å². The molecule has 0 saturated carbocycles. The van der Waals surface area contributed by atoms with E-state index in [1.54, 1.807) is 0 Å². The van der Waals surface area contributed by atoms with Crippen LogP contribution in [-0.4, -0.2) is 34.3 Å². The average molecular weight is 205 g/mol. The minimum Gasteiger partial charge on any atom is -0.364 e. The van der Waals surface area contributed by atoms with Crippen LogP contribution >= 0.6 is 0 Å². The Bertz CT molecular complexity index is 490. The molecule has 0 atom stereocenters. The first-order valence-electron chi connectivity index (χ1n) is 4.89. The molecule has 3 heterocycles. The second-order valence-corrected chi connectivity index (χ2v) is 3.67. The van der Waals surface area contributed by atoms with E-state index >= 15 is 0 Å². The number of anilines is 1. The van der Waals surface area contributed by atoms with Gasteiger partial charge in [0, 0.05) is 13.1 Å². The number of hydrogen-bond donors (Lipinski definition) is 2. The van der Waals surface area contributed by atoms with Crippen molar-refractivity contribution >= 4 is 16.9 Å². The Morgan fingerprint density at radius 3 is 3.07 bits per heavy atom. The minimum absolute atomic E-state index is 0.442. The van der Waals surface area contributed by atoms with Crippen molar-refractivity contribution in [2.24, 2.45) is 0 Å². The summed E-state index contributed by atoms with van der Waals surface area (Å²) in [5.74, 6) is 0.810. The molecule has 0 aromatic carbocycles. The molecule has 1 fully saturated rings. The van der Waals surface area contributed by atoms with Gasteiger partial charge in [-0.3, -0.25) is 0 Å². The monoisotopic (exact) mass is 205 g/mol. The lowest BCUT2D eigenvalue weighted by molar-refractivity contribution is 0.442. The van der Waals surface area contributed by atoms with Crippen LogP contribution in [0.3, 0.4) is 0 Å². The molecular weight excluding hydrogens is 194 g/mol. The summed E-state index contributed by atoms with van der Waals surface area (Å²) >= 11 is 0. The summed E-state index contributed by atoms with van der Waals surface area (Å²) in [6.45, 7) is 3.82. The van der Waals surface area contributed by atoms with Crippen LogP contribution in [-0.2, 0) is 0 Å². The van der Waals surface area contributed by atoms with E-state index in [1.807, 2.05) is 6.92 Å². The second kappa shape index (κ2) is 3.16. The van der Waals surface area contributed by atoms with Crippen LogP contribution in [0.4, 0.5) is 5.82 Å². The Kier molecular flexibility index (Phi) is 1.81. The van der Waals surface area contributed by atoms with Gasteiger partial charge in [0.05, 0.1) is 11.7 Å². The molecule has 0 spiro atoms. The number of fused-ring (bicyclic) bond motifs is 1. The normalized spacial score (nSPS) is 16.6. The highest BCUT2D eigenvalue weighted by molar-refractivity contribution is 5.87. The van der Waals surface area contributed by atoms with Crippen LogP contribution < -0.4 is 10.6 Å². The van der Waals surface area contributed by atoms with Gasteiger partial charge < -0.3 is 15.2 Å². The van der Waals surface area contributed by atoms with Crippen molar-refractivity contribution in [3.05, 3.63) is 12.0 Å². The summed E-state index contributed by atoms with van der Waals surface area (Å²) < 4.78 is 5.07. The van der Waals surface area contributed by atoms with Crippen molar-refractivity contribution in [2.75, 3.05) is 18.4 Å². The number of nitrogens with one attached hydrogen (secondary N) is 2. The maximum absolute atomic E-state index is 5.07. The van der Waals surface area contributed by atoms with Crippen LogP contribution in [0.15, 0.2) is 10.9 Å². The van der Waals surface area contributed by atoms with E-state index in [-0.39, 0.29) is 0 Å². The molecular formula is C9H11N5O. The first kappa shape index (κ1) is 8.60. The molecule has 6 nitrogen and oxygen atoms in total. The molecule has 2 aromatic heterocycles. The lowest BCUT2D eigenvalue weighted by Crippen LogP contribution is -2.51. The third-order valence-electron chi connectivity index (χ3n) is 2.57. The molecule has 0 amide bonds. The van der Waals surface area contributed by atoms with E-state index in [2.05, 4.69) is 25.8 Å². The van der Waals surface area contributed by atoms with Crippen LogP contribution in [0.25, 0.3) is 11.1 Å². The SMILES string of the molecule is Cc1noc2ncnc(NC3CNC3)c12. The molecule has 2 aromatic rings. The van der Waals surface area contributed by atoms with E-state index in [0.29, 0.717) is 11.8 Å². The quantitative estimate of drug-likeness (QED) is 0.734. The number of nitrogens with zero attached hydrogens (tertiary/aromatic N) is 3. The van der Waals surface area contributed by atoms with E-state index in [4.69, 9.17) is 4.52 Å². The molecule has 2 N–H and O–H groups in total. The Labute approximate surface area is 86.1 Å². The molecule has 0 unspecified atom stereocenters. The van der Waals surface area contributed by atoms with E-state index in [0.717, 1.165) is 30.0 Å². The predicted molar refractivity (Wildman–Crippen MR) is 54.6 cm³/mol. The molecule has 6 heteroatoms. The van der Waals surface area contributed by atoms with Gasteiger partial charge in [0.1, 0.15) is 17.5 Å². The second-order valence-electron chi connectivity index (χ2n) is 3.67. The summed E-state index contributed by atoms with van der Waals surface area (Å²) in [7, 11) is 0. The lowest BCUT2D eigenvalue weighted by Gasteiger charge is -2.28. The van der Waals surface area contributed by atoms with Gasteiger partial charge in [0.25, 0.3) is 5.71 Å². The van der Waals surface area contributed by atoms with E-state index in [9.17, 15) is 0 Å². The minimum atomic E-state index is 0.442. The third-order valence-corrected chi connectivity index (χ3v) is 2.57. The summed E-state index contributed by atoms with van der Waals surface area (Å²) in [6, 6.07) is 0.442. The van der Waals surface area contributed by atoms with E-state index in [1.165, 1.54) is 6.33 Å². The summed E-state index contributed by atoms with van der Waals surface area (Å²) in [5, 5.41) is 11.3. The predicted octanol–water partition coefficient (Wildman–Crippen LogP) is 0.310. The van der Waals surface area contributed by atoms with Gasteiger partial charge in [-0.05, 0) is 6.92 Å². The molecule has 15 heavy (non-hydrogen) atoms. The van der Waals surface area contributed by atoms with Gasteiger partial charge in [-0.15, -0.1) is 0 Å². The number of rotatable bonds is 2. The van der Waals surface area contributed by atoms with Crippen LogP contribution in [0, 0.1) is 6.92 Å². The Morgan fingerprint density at radius 2 is 2.33 bits per heavy atom. The number of aromatic nitrogens is 3. The number of hydrogen-bond acceptors (Lipinski definition) is 6. The van der Waals surface area contributed by atoms with Crippen molar-refractivity contribution in [3.8, 4) is 0 Å². The zero-order chi connectivity index (χ0) is 10.3. The fourth-order valence-electron chi connectivity index (χ4n) is 1.62. The zero-order valence-electron chi connectivity index (χ0n) is 8.32. The molecule has 1 aliphatic heterocycles. The fourth-order valence-corrected chi connectivity index (χ4v) is 1.62. The van der Waals surface area contributed by atoms with Gasteiger partial charge in [0.2, 0.25) is 0 Å². The first-order valence-corrected chi connectivity index (χ1v) is 4.89. The molecule has 0 aliphatic carbocycles. The van der Waals surface area contributed by atoms with Gasteiger partial charge in [-0.2, -0.15) is 4.98 Å². The van der Waals surface area contributed by atoms with Crippen molar-refractivity contribution < 1.29 is 4.52 Å².